The van der Waals surface area contributed by atoms with Crippen LogP contribution < -0.4 is 16.6 Å². The average Bonchev–Trinajstić information content (AvgIpc) is 3.04. The topological polar surface area (TPSA) is 93.7 Å². The normalized spacial score (nSPS) is 10.7. The number of hydrazine groups is 1. The summed E-state index contributed by atoms with van der Waals surface area (Å²) in [5, 5.41) is 8.49. The lowest BCUT2D eigenvalue weighted by Crippen LogP contribution is -2.13. The fraction of sp³-hybridized carbons (Fsp3) is 0.214. The van der Waals surface area contributed by atoms with E-state index in [2.05, 4.69) is 25.8 Å². The van der Waals surface area contributed by atoms with Gasteiger partial charge in [-0.15, -0.1) is 0 Å². The van der Waals surface area contributed by atoms with Gasteiger partial charge in [-0.05, 0) is 24.6 Å². The number of fused-ring (bicyclic) bond motifs is 1. The summed E-state index contributed by atoms with van der Waals surface area (Å²) >= 11 is 0. The van der Waals surface area contributed by atoms with Crippen molar-refractivity contribution in [3.63, 3.8) is 0 Å². The van der Waals surface area contributed by atoms with Gasteiger partial charge in [0.15, 0.2) is 0 Å². The largest absolute Gasteiger partial charge is 0.369 e. The number of aryl methyl sites for hydroxylation is 1. The second-order valence-corrected chi connectivity index (χ2v) is 4.61. The number of anilines is 2. The predicted molar refractivity (Wildman–Crippen MR) is 82.7 cm³/mol. The Morgan fingerprint density at radius 1 is 1.14 bits per heavy atom. The summed E-state index contributed by atoms with van der Waals surface area (Å²) in [6, 6.07) is 9.76. The standard InChI is InChI=1S/C14H17N7/c15-20-14-18-12-6-2-1-5-11(12)13(19-14)16-7-3-9-21-10-4-8-17-21/h1-2,4-6,8,10H,3,7,9,15H2,(H2,16,18,19,20). The molecule has 0 saturated carbocycles. The van der Waals surface area contributed by atoms with Gasteiger partial charge >= 0.3 is 0 Å². The SMILES string of the molecule is NNc1nc(NCCCn2cccn2)c2ccccc2n1. The van der Waals surface area contributed by atoms with Crippen LogP contribution >= 0.6 is 0 Å². The van der Waals surface area contributed by atoms with E-state index < -0.39 is 0 Å². The molecule has 7 nitrogen and oxygen atoms in total. The Hall–Kier alpha value is -2.67. The highest BCUT2D eigenvalue weighted by molar-refractivity contribution is 5.89. The zero-order valence-corrected chi connectivity index (χ0v) is 11.5. The third-order valence-electron chi connectivity index (χ3n) is 3.15. The molecule has 108 valence electrons. The third-order valence-corrected chi connectivity index (χ3v) is 3.15. The van der Waals surface area contributed by atoms with Crippen molar-refractivity contribution >= 4 is 22.7 Å². The van der Waals surface area contributed by atoms with Crippen LogP contribution in [-0.4, -0.2) is 26.3 Å². The molecule has 2 heterocycles. The summed E-state index contributed by atoms with van der Waals surface area (Å²) < 4.78 is 1.91. The first kappa shape index (κ1) is 13.3. The number of nitrogen functional groups attached to an aromatic ring is 1. The molecule has 0 bridgehead atoms. The first-order chi connectivity index (χ1) is 10.4. The number of rotatable bonds is 6. The smallest absolute Gasteiger partial charge is 0.239 e. The monoisotopic (exact) mass is 283 g/mol. The molecular weight excluding hydrogens is 266 g/mol. The molecule has 1 aromatic carbocycles. The second kappa shape index (κ2) is 6.19. The number of nitrogens with zero attached hydrogens (tertiary/aromatic N) is 4. The Morgan fingerprint density at radius 3 is 2.86 bits per heavy atom. The lowest BCUT2D eigenvalue weighted by Gasteiger charge is -2.10. The molecule has 0 radical (unpaired) electrons. The van der Waals surface area contributed by atoms with Gasteiger partial charge in [0.2, 0.25) is 5.95 Å². The maximum Gasteiger partial charge on any atom is 0.239 e. The summed E-state index contributed by atoms with van der Waals surface area (Å²) in [5.74, 6) is 6.61. The molecule has 0 aliphatic carbocycles. The molecule has 0 unspecified atom stereocenters. The van der Waals surface area contributed by atoms with Gasteiger partial charge in [0.05, 0.1) is 5.52 Å². The van der Waals surface area contributed by atoms with E-state index in [9.17, 15) is 0 Å². The fourth-order valence-electron chi connectivity index (χ4n) is 2.16. The molecular formula is C14H17N7. The molecule has 0 aliphatic rings. The molecule has 0 fully saturated rings. The third kappa shape index (κ3) is 3.09. The Bertz CT molecular complexity index is 708. The molecule has 7 heteroatoms. The Kier molecular flexibility index (Phi) is 3.92. The molecule has 3 aromatic rings. The van der Waals surface area contributed by atoms with Crippen LogP contribution in [0, 0.1) is 0 Å². The number of nitrogens with one attached hydrogen (secondary N) is 2. The van der Waals surface area contributed by atoms with Crippen LogP contribution in [0.1, 0.15) is 6.42 Å². The minimum absolute atomic E-state index is 0.406. The van der Waals surface area contributed by atoms with Gasteiger partial charge in [0, 0.05) is 30.9 Å². The number of aromatic nitrogens is 4. The first-order valence-electron chi connectivity index (χ1n) is 6.81. The van der Waals surface area contributed by atoms with E-state index in [0.717, 1.165) is 36.2 Å². The molecule has 3 rings (SSSR count). The highest BCUT2D eigenvalue weighted by Crippen LogP contribution is 2.21. The summed E-state index contributed by atoms with van der Waals surface area (Å²) in [6.07, 6.45) is 4.69. The van der Waals surface area contributed by atoms with E-state index >= 15 is 0 Å². The first-order valence-corrected chi connectivity index (χ1v) is 6.81. The minimum Gasteiger partial charge on any atom is -0.369 e. The summed E-state index contributed by atoms with van der Waals surface area (Å²) in [4.78, 5) is 8.70. The molecule has 0 aliphatic heterocycles. The molecule has 0 amide bonds. The van der Waals surface area contributed by atoms with Gasteiger partial charge in [-0.3, -0.25) is 10.1 Å². The number of nitrogens with two attached hydrogens (primary N) is 1. The van der Waals surface area contributed by atoms with Crippen molar-refractivity contribution < 1.29 is 0 Å². The van der Waals surface area contributed by atoms with Gasteiger partial charge in [0.1, 0.15) is 5.82 Å². The van der Waals surface area contributed by atoms with E-state index in [-0.39, 0.29) is 0 Å². The van der Waals surface area contributed by atoms with Crippen LogP contribution in [0.25, 0.3) is 10.9 Å². The Balaban J connectivity index is 1.70. The van der Waals surface area contributed by atoms with Crippen LogP contribution in [0.5, 0.6) is 0 Å². The highest BCUT2D eigenvalue weighted by atomic mass is 15.3. The summed E-state index contributed by atoms with van der Waals surface area (Å²) in [6.45, 7) is 1.66. The number of hydrogen-bond acceptors (Lipinski definition) is 6. The summed E-state index contributed by atoms with van der Waals surface area (Å²) in [7, 11) is 0. The van der Waals surface area contributed by atoms with Crippen LogP contribution in [0.2, 0.25) is 0 Å². The van der Waals surface area contributed by atoms with E-state index in [1.807, 2.05) is 41.2 Å². The van der Waals surface area contributed by atoms with Crippen molar-refractivity contribution in [1.29, 1.82) is 0 Å². The number of para-hydroxylation sites is 1. The Morgan fingerprint density at radius 2 is 2.05 bits per heavy atom. The zero-order chi connectivity index (χ0) is 14.5. The van der Waals surface area contributed by atoms with Crippen molar-refractivity contribution in [2.45, 2.75) is 13.0 Å². The fourth-order valence-corrected chi connectivity index (χ4v) is 2.16. The van der Waals surface area contributed by atoms with Crippen LogP contribution in [0.4, 0.5) is 11.8 Å². The van der Waals surface area contributed by atoms with E-state index in [4.69, 9.17) is 5.84 Å². The average molecular weight is 283 g/mol. The maximum atomic E-state index is 5.41. The maximum absolute atomic E-state index is 5.41. The van der Waals surface area contributed by atoms with Crippen molar-refractivity contribution in [1.82, 2.24) is 19.7 Å². The second-order valence-electron chi connectivity index (χ2n) is 4.61. The highest BCUT2D eigenvalue weighted by Gasteiger charge is 2.06. The lowest BCUT2D eigenvalue weighted by atomic mass is 10.2. The van der Waals surface area contributed by atoms with E-state index in [1.54, 1.807) is 6.20 Å². The lowest BCUT2D eigenvalue weighted by molar-refractivity contribution is 0.591. The van der Waals surface area contributed by atoms with Crippen molar-refractivity contribution in [2.75, 3.05) is 17.3 Å². The Labute approximate surface area is 122 Å². The molecule has 0 spiro atoms. The minimum atomic E-state index is 0.406. The summed E-state index contributed by atoms with van der Waals surface area (Å²) in [5.41, 5.74) is 3.35. The molecule has 0 atom stereocenters. The van der Waals surface area contributed by atoms with Gasteiger partial charge < -0.3 is 5.32 Å². The predicted octanol–water partition coefficient (Wildman–Crippen LogP) is 1.61. The quantitative estimate of drug-likeness (QED) is 0.361. The molecule has 21 heavy (non-hydrogen) atoms. The molecule has 0 saturated heterocycles. The zero-order valence-electron chi connectivity index (χ0n) is 11.5. The van der Waals surface area contributed by atoms with Crippen molar-refractivity contribution in [3.05, 3.63) is 42.7 Å². The van der Waals surface area contributed by atoms with Gasteiger partial charge in [-0.2, -0.15) is 10.1 Å². The van der Waals surface area contributed by atoms with Crippen LogP contribution in [0.15, 0.2) is 42.7 Å². The van der Waals surface area contributed by atoms with Gasteiger partial charge in [-0.25, -0.2) is 10.8 Å². The van der Waals surface area contributed by atoms with E-state index in [1.165, 1.54) is 0 Å². The number of benzene rings is 1. The number of hydrogen-bond donors (Lipinski definition) is 3. The van der Waals surface area contributed by atoms with Gasteiger partial charge in [-0.1, -0.05) is 12.1 Å². The van der Waals surface area contributed by atoms with Crippen molar-refractivity contribution in [2.24, 2.45) is 5.84 Å². The molecule has 2 aromatic heterocycles. The van der Waals surface area contributed by atoms with E-state index in [0.29, 0.717) is 5.95 Å². The molecule has 4 N–H and O–H groups in total. The van der Waals surface area contributed by atoms with Crippen LogP contribution in [-0.2, 0) is 6.54 Å². The van der Waals surface area contributed by atoms with Gasteiger partial charge in [0.25, 0.3) is 0 Å². The van der Waals surface area contributed by atoms with Crippen molar-refractivity contribution in [3.8, 4) is 0 Å². The van der Waals surface area contributed by atoms with Crippen LogP contribution in [0.3, 0.4) is 0 Å².